The summed E-state index contributed by atoms with van der Waals surface area (Å²) in [7, 11) is 0. The molecule has 2 amide bonds. The minimum Gasteiger partial charge on any atom is -0.481 e. The van der Waals surface area contributed by atoms with Crippen molar-refractivity contribution in [3.8, 4) is 0 Å². The van der Waals surface area contributed by atoms with Gasteiger partial charge in [0.2, 0.25) is 23.4 Å². The lowest BCUT2D eigenvalue weighted by atomic mass is 10.0. The number of Topliss-reactive ketones (excluding diaryl/α,β-unsaturated/α-hetero) is 2. The lowest BCUT2D eigenvalue weighted by molar-refractivity contribution is -0.144. The Hall–Kier alpha value is -3.60. The van der Waals surface area contributed by atoms with Crippen LogP contribution in [0.5, 0.6) is 0 Å². The third kappa shape index (κ3) is 8.07. The number of ether oxygens (including phenoxy) is 1. The van der Waals surface area contributed by atoms with Crippen molar-refractivity contribution in [3.05, 3.63) is 34.9 Å². The van der Waals surface area contributed by atoms with Crippen LogP contribution >= 0.6 is 0 Å². The summed E-state index contributed by atoms with van der Waals surface area (Å²) < 4.78 is 4.94. The van der Waals surface area contributed by atoms with E-state index in [2.05, 4.69) is 10.6 Å². The van der Waals surface area contributed by atoms with Crippen LogP contribution in [-0.4, -0.2) is 65.2 Å². The summed E-state index contributed by atoms with van der Waals surface area (Å²) in [6, 6.07) is 1.37. The van der Waals surface area contributed by atoms with Crippen molar-refractivity contribution in [1.29, 1.82) is 0 Å². The zero-order valence-corrected chi connectivity index (χ0v) is 19.8. The van der Waals surface area contributed by atoms with Crippen LogP contribution in [0.2, 0.25) is 0 Å². The number of aliphatic carboxylic acids is 1. The summed E-state index contributed by atoms with van der Waals surface area (Å²) in [5, 5.41) is 13.6. The van der Waals surface area contributed by atoms with Gasteiger partial charge in [0.1, 0.15) is 12.1 Å². The van der Waals surface area contributed by atoms with Gasteiger partial charge in [0.15, 0.2) is 6.61 Å². The number of carboxylic acid groups (broad SMARTS) is 1. The maximum Gasteiger partial charge on any atom is 0.339 e. The standard InChI is InChI=1S/C23H31N3O8/c1-11(2)19(24)22(32)25-14(5)21(31)26-15(9-17(28)29)20(30)16(27)10-34-23(33)18-12(3)7-6-8-13(18)4/h6-8,11,14-15,19H,9-10,24H2,1-5H3,(H,25,32)(H,26,31)(H,28,29)/t14-,15-,19-/m0/s1. The molecule has 1 aromatic rings. The molecule has 0 saturated heterocycles. The number of nitrogens with two attached hydrogens (primary N) is 1. The van der Waals surface area contributed by atoms with E-state index in [1.807, 2.05) is 0 Å². The highest BCUT2D eigenvalue weighted by Crippen LogP contribution is 2.14. The molecule has 1 rings (SSSR count). The SMILES string of the molecule is Cc1cccc(C)c1C(=O)OCC(=O)C(=O)[C@H](CC(=O)O)NC(=O)[C@H](C)NC(=O)[C@@H](N)C(C)C. The minimum atomic E-state index is -1.71. The van der Waals surface area contributed by atoms with E-state index in [0.717, 1.165) is 0 Å². The number of rotatable bonds is 12. The van der Waals surface area contributed by atoms with E-state index in [0.29, 0.717) is 11.1 Å². The Kier molecular flexibility index (Phi) is 10.5. The molecule has 0 fully saturated rings. The smallest absolute Gasteiger partial charge is 0.339 e. The van der Waals surface area contributed by atoms with Gasteiger partial charge < -0.3 is 26.2 Å². The average Bonchev–Trinajstić information content (AvgIpc) is 2.75. The van der Waals surface area contributed by atoms with Crippen LogP contribution in [0.4, 0.5) is 0 Å². The molecule has 34 heavy (non-hydrogen) atoms. The first-order valence-electron chi connectivity index (χ1n) is 10.6. The molecular formula is C23H31N3O8. The number of carboxylic acids is 1. The van der Waals surface area contributed by atoms with E-state index in [-0.39, 0.29) is 11.5 Å². The normalized spacial score (nSPS) is 13.4. The Morgan fingerprint density at radius 2 is 1.53 bits per heavy atom. The van der Waals surface area contributed by atoms with Crippen LogP contribution in [0.25, 0.3) is 0 Å². The fraction of sp³-hybridized carbons (Fsp3) is 0.478. The van der Waals surface area contributed by atoms with Gasteiger partial charge in [-0.15, -0.1) is 0 Å². The first-order chi connectivity index (χ1) is 15.8. The predicted octanol–water partition coefficient (Wildman–Crippen LogP) is 0.0459. The maximum atomic E-state index is 12.5. The largest absolute Gasteiger partial charge is 0.481 e. The number of carbonyl (C=O) groups excluding carboxylic acids is 5. The Bertz CT molecular complexity index is 953. The van der Waals surface area contributed by atoms with Crippen molar-refractivity contribution in [2.75, 3.05) is 6.61 Å². The molecule has 11 nitrogen and oxygen atoms in total. The Balaban J connectivity index is 2.83. The second-order valence-corrected chi connectivity index (χ2v) is 8.29. The van der Waals surface area contributed by atoms with Crippen molar-refractivity contribution in [1.82, 2.24) is 10.6 Å². The van der Waals surface area contributed by atoms with Gasteiger partial charge in [0.25, 0.3) is 0 Å². The predicted molar refractivity (Wildman–Crippen MR) is 121 cm³/mol. The maximum absolute atomic E-state index is 12.5. The van der Waals surface area contributed by atoms with Crippen LogP contribution in [0, 0.1) is 19.8 Å². The summed E-state index contributed by atoms with van der Waals surface area (Å²) in [4.78, 5) is 72.8. The highest BCUT2D eigenvalue weighted by molar-refractivity contribution is 6.40. The van der Waals surface area contributed by atoms with E-state index in [1.165, 1.54) is 6.92 Å². The van der Waals surface area contributed by atoms with Gasteiger partial charge in [0.05, 0.1) is 18.0 Å². The van der Waals surface area contributed by atoms with Gasteiger partial charge in [-0.2, -0.15) is 0 Å². The molecule has 186 valence electrons. The molecule has 0 bridgehead atoms. The lowest BCUT2D eigenvalue weighted by Gasteiger charge is -2.21. The molecule has 0 aliphatic carbocycles. The quantitative estimate of drug-likeness (QED) is 0.239. The number of hydrogen-bond acceptors (Lipinski definition) is 8. The van der Waals surface area contributed by atoms with Gasteiger partial charge >= 0.3 is 11.9 Å². The van der Waals surface area contributed by atoms with E-state index < -0.39 is 66.5 Å². The summed E-state index contributed by atoms with van der Waals surface area (Å²) in [6.45, 7) is 7.19. The first-order valence-corrected chi connectivity index (χ1v) is 10.6. The second kappa shape index (κ2) is 12.6. The molecule has 0 aliphatic rings. The number of hydrogen-bond donors (Lipinski definition) is 4. The summed E-state index contributed by atoms with van der Waals surface area (Å²) >= 11 is 0. The number of aryl methyl sites for hydroxylation is 2. The average molecular weight is 478 g/mol. The van der Waals surface area contributed by atoms with Crippen molar-refractivity contribution in [3.63, 3.8) is 0 Å². The number of benzene rings is 1. The molecule has 11 heteroatoms. The van der Waals surface area contributed by atoms with Gasteiger partial charge in [0, 0.05) is 0 Å². The van der Waals surface area contributed by atoms with Crippen LogP contribution in [0.3, 0.4) is 0 Å². The van der Waals surface area contributed by atoms with Gasteiger partial charge in [-0.25, -0.2) is 4.79 Å². The number of amides is 2. The minimum absolute atomic E-state index is 0.194. The lowest BCUT2D eigenvalue weighted by Crippen LogP contribution is -2.55. The van der Waals surface area contributed by atoms with Crippen molar-refractivity contribution in [2.45, 2.75) is 59.2 Å². The Labute approximate surface area is 197 Å². The summed E-state index contributed by atoms with van der Waals surface area (Å²) in [5.74, 6) is -6.38. The van der Waals surface area contributed by atoms with E-state index in [4.69, 9.17) is 15.6 Å². The molecule has 0 saturated carbocycles. The van der Waals surface area contributed by atoms with Gasteiger partial charge in [-0.05, 0) is 37.8 Å². The van der Waals surface area contributed by atoms with Crippen LogP contribution in [-0.2, 0) is 28.7 Å². The summed E-state index contributed by atoms with van der Waals surface area (Å²) in [5.41, 5.74) is 7.21. The fourth-order valence-corrected chi connectivity index (χ4v) is 2.96. The number of nitrogens with one attached hydrogen (secondary N) is 2. The molecule has 0 aromatic heterocycles. The highest BCUT2D eigenvalue weighted by atomic mass is 16.5. The third-order valence-electron chi connectivity index (χ3n) is 5.08. The molecule has 0 aliphatic heterocycles. The van der Waals surface area contributed by atoms with E-state index in [1.54, 1.807) is 45.9 Å². The zero-order valence-electron chi connectivity index (χ0n) is 19.8. The number of ketones is 2. The zero-order chi connectivity index (χ0) is 26.2. The fourth-order valence-electron chi connectivity index (χ4n) is 2.96. The molecular weight excluding hydrogens is 446 g/mol. The third-order valence-corrected chi connectivity index (χ3v) is 5.08. The molecule has 5 N–H and O–H groups in total. The van der Waals surface area contributed by atoms with Crippen molar-refractivity contribution in [2.24, 2.45) is 11.7 Å². The Morgan fingerprint density at radius 1 is 0.971 bits per heavy atom. The molecule has 3 atom stereocenters. The summed E-state index contributed by atoms with van der Waals surface area (Å²) in [6.07, 6.45) is -0.882. The van der Waals surface area contributed by atoms with Crippen LogP contribution in [0.15, 0.2) is 18.2 Å². The van der Waals surface area contributed by atoms with Gasteiger partial charge in [-0.3, -0.25) is 24.0 Å². The molecule has 0 spiro atoms. The van der Waals surface area contributed by atoms with Crippen molar-refractivity contribution >= 4 is 35.3 Å². The molecule has 1 aromatic carbocycles. The number of esters is 1. The highest BCUT2D eigenvalue weighted by Gasteiger charge is 2.32. The second-order valence-electron chi connectivity index (χ2n) is 8.29. The van der Waals surface area contributed by atoms with E-state index >= 15 is 0 Å². The number of carbonyl (C=O) groups is 6. The Morgan fingerprint density at radius 3 is 2.03 bits per heavy atom. The monoisotopic (exact) mass is 477 g/mol. The first kappa shape index (κ1) is 28.4. The van der Waals surface area contributed by atoms with Gasteiger partial charge in [-0.1, -0.05) is 32.0 Å². The molecule has 0 heterocycles. The van der Waals surface area contributed by atoms with Crippen molar-refractivity contribution < 1.29 is 38.6 Å². The van der Waals surface area contributed by atoms with Crippen LogP contribution < -0.4 is 16.4 Å². The molecule has 0 radical (unpaired) electrons. The molecule has 0 unspecified atom stereocenters. The van der Waals surface area contributed by atoms with E-state index in [9.17, 15) is 28.8 Å². The topological polar surface area (TPSA) is 182 Å². The van der Waals surface area contributed by atoms with Crippen LogP contribution in [0.1, 0.15) is 48.7 Å².